The molecule has 0 radical (unpaired) electrons. The molecule has 0 aliphatic heterocycles. The summed E-state index contributed by atoms with van der Waals surface area (Å²) < 4.78 is 43.1. The molecular formula is C17H14F3N5O2. The van der Waals surface area contributed by atoms with Gasteiger partial charge in [-0.3, -0.25) is 4.79 Å². The Kier molecular flexibility index (Phi) is 5.15. The Morgan fingerprint density at radius 1 is 1.19 bits per heavy atom. The summed E-state index contributed by atoms with van der Waals surface area (Å²) in [6, 6.07) is 10.3. The van der Waals surface area contributed by atoms with Crippen LogP contribution in [0.2, 0.25) is 0 Å². The quantitative estimate of drug-likeness (QED) is 0.734. The second-order valence-electron chi connectivity index (χ2n) is 5.70. The average Bonchev–Trinajstić information content (AvgIpc) is 3.16. The Bertz CT molecular complexity index is 928. The Morgan fingerprint density at radius 2 is 1.93 bits per heavy atom. The van der Waals surface area contributed by atoms with Gasteiger partial charge >= 0.3 is 6.18 Å². The fourth-order valence-electron chi connectivity index (χ4n) is 2.19. The molecule has 0 fully saturated rings. The molecule has 1 N–H and O–H groups in total. The van der Waals surface area contributed by atoms with Crippen LogP contribution in [-0.2, 0) is 6.18 Å². The Hall–Kier alpha value is -3.30. The van der Waals surface area contributed by atoms with Gasteiger partial charge < -0.3 is 9.84 Å². The summed E-state index contributed by atoms with van der Waals surface area (Å²) in [5.74, 6) is -1.75. The van der Waals surface area contributed by atoms with Crippen LogP contribution >= 0.6 is 0 Å². The van der Waals surface area contributed by atoms with Crippen LogP contribution in [0.1, 0.15) is 35.0 Å². The number of rotatable bonds is 5. The third-order valence-corrected chi connectivity index (χ3v) is 3.61. The molecule has 0 aliphatic carbocycles. The van der Waals surface area contributed by atoms with E-state index in [1.807, 2.05) is 30.3 Å². The minimum absolute atomic E-state index is 0.0839. The third kappa shape index (κ3) is 4.46. The minimum Gasteiger partial charge on any atom is -0.350 e. The van der Waals surface area contributed by atoms with Crippen molar-refractivity contribution in [2.45, 2.75) is 19.0 Å². The first kappa shape index (κ1) is 18.5. The maximum absolute atomic E-state index is 12.6. The molecular weight excluding hydrogens is 363 g/mol. The van der Waals surface area contributed by atoms with Gasteiger partial charge in [-0.15, -0.1) is 0 Å². The van der Waals surface area contributed by atoms with Crippen LogP contribution in [0.4, 0.5) is 13.2 Å². The lowest BCUT2D eigenvalue weighted by molar-refractivity contribution is -0.145. The van der Waals surface area contributed by atoms with E-state index < -0.39 is 17.9 Å². The zero-order valence-corrected chi connectivity index (χ0v) is 14.1. The molecule has 3 rings (SSSR count). The molecule has 0 bridgehead atoms. The molecule has 0 saturated carbocycles. The Labute approximate surface area is 151 Å². The summed E-state index contributed by atoms with van der Waals surface area (Å²) in [6.07, 6.45) is -3.83. The maximum Gasteiger partial charge on any atom is 0.451 e. The first-order valence-corrected chi connectivity index (χ1v) is 7.92. The van der Waals surface area contributed by atoms with Crippen molar-refractivity contribution in [3.05, 3.63) is 60.0 Å². The molecule has 1 amide bonds. The van der Waals surface area contributed by atoms with Crippen LogP contribution in [0.5, 0.6) is 0 Å². The van der Waals surface area contributed by atoms with Gasteiger partial charge in [-0.05, 0) is 6.07 Å². The van der Waals surface area contributed by atoms with Crippen molar-refractivity contribution in [3.63, 3.8) is 0 Å². The van der Waals surface area contributed by atoms with Crippen LogP contribution in [0.25, 0.3) is 11.4 Å². The van der Waals surface area contributed by atoms with E-state index in [4.69, 9.17) is 4.52 Å². The number of hydrogen-bond donors (Lipinski definition) is 1. The lowest BCUT2D eigenvalue weighted by atomic mass is 10.1. The molecule has 0 aliphatic rings. The molecule has 1 atom stereocenters. The van der Waals surface area contributed by atoms with Crippen molar-refractivity contribution in [1.82, 2.24) is 25.4 Å². The van der Waals surface area contributed by atoms with Crippen molar-refractivity contribution < 1.29 is 22.5 Å². The number of alkyl halides is 3. The largest absolute Gasteiger partial charge is 0.451 e. The van der Waals surface area contributed by atoms with Crippen molar-refractivity contribution >= 4 is 5.91 Å². The van der Waals surface area contributed by atoms with E-state index in [2.05, 4.69) is 25.4 Å². The van der Waals surface area contributed by atoms with Crippen molar-refractivity contribution in [1.29, 1.82) is 0 Å². The summed E-state index contributed by atoms with van der Waals surface area (Å²) in [4.78, 5) is 22.7. The second kappa shape index (κ2) is 7.52. The lowest BCUT2D eigenvalue weighted by Gasteiger charge is -2.09. The molecule has 3 aromatic rings. The van der Waals surface area contributed by atoms with Gasteiger partial charge in [0.05, 0.1) is 5.92 Å². The molecule has 1 unspecified atom stereocenters. The van der Waals surface area contributed by atoms with E-state index in [1.165, 1.54) is 0 Å². The third-order valence-electron chi connectivity index (χ3n) is 3.61. The summed E-state index contributed by atoms with van der Waals surface area (Å²) in [7, 11) is 0. The van der Waals surface area contributed by atoms with Gasteiger partial charge in [-0.2, -0.15) is 18.2 Å². The number of carbonyl (C=O) groups excluding carboxylic acids is 1. The SMILES string of the molecule is CC(CNC(=O)c1ccnc(C(F)(F)F)n1)c1nc(-c2ccccc2)no1. The lowest BCUT2D eigenvalue weighted by Crippen LogP contribution is -2.29. The van der Waals surface area contributed by atoms with Gasteiger partial charge in [0.2, 0.25) is 17.5 Å². The zero-order chi connectivity index (χ0) is 19.4. The van der Waals surface area contributed by atoms with Crippen molar-refractivity contribution in [2.75, 3.05) is 6.54 Å². The average molecular weight is 377 g/mol. The molecule has 140 valence electrons. The summed E-state index contributed by atoms with van der Waals surface area (Å²) in [5, 5.41) is 6.39. The molecule has 2 heterocycles. The van der Waals surface area contributed by atoms with E-state index >= 15 is 0 Å². The highest BCUT2D eigenvalue weighted by atomic mass is 19.4. The van der Waals surface area contributed by atoms with Crippen LogP contribution in [0.15, 0.2) is 47.1 Å². The number of aromatic nitrogens is 4. The molecule has 27 heavy (non-hydrogen) atoms. The molecule has 0 spiro atoms. The monoisotopic (exact) mass is 377 g/mol. The van der Waals surface area contributed by atoms with E-state index in [1.54, 1.807) is 6.92 Å². The van der Waals surface area contributed by atoms with Crippen LogP contribution in [0.3, 0.4) is 0 Å². The maximum atomic E-state index is 12.6. The van der Waals surface area contributed by atoms with Gasteiger partial charge in [-0.25, -0.2) is 9.97 Å². The number of halogens is 3. The predicted molar refractivity (Wildman–Crippen MR) is 87.5 cm³/mol. The highest BCUT2D eigenvalue weighted by molar-refractivity contribution is 5.92. The first-order chi connectivity index (χ1) is 12.8. The Morgan fingerprint density at radius 3 is 2.63 bits per heavy atom. The molecule has 0 saturated heterocycles. The van der Waals surface area contributed by atoms with Gasteiger partial charge in [-0.1, -0.05) is 42.4 Å². The molecule has 7 nitrogen and oxygen atoms in total. The number of nitrogens with zero attached hydrogens (tertiary/aromatic N) is 4. The van der Waals surface area contributed by atoms with E-state index in [0.29, 0.717) is 11.7 Å². The number of benzene rings is 1. The Balaban J connectivity index is 1.63. The molecule has 1 aromatic carbocycles. The highest BCUT2D eigenvalue weighted by Gasteiger charge is 2.35. The fourth-order valence-corrected chi connectivity index (χ4v) is 2.19. The number of amides is 1. The summed E-state index contributed by atoms with van der Waals surface area (Å²) in [6.45, 7) is 1.82. The number of nitrogens with one attached hydrogen (secondary N) is 1. The number of carbonyl (C=O) groups is 1. The smallest absolute Gasteiger partial charge is 0.350 e. The second-order valence-corrected chi connectivity index (χ2v) is 5.70. The fraction of sp³-hybridized carbons (Fsp3) is 0.235. The number of hydrogen-bond acceptors (Lipinski definition) is 6. The van der Waals surface area contributed by atoms with Crippen LogP contribution < -0.4 is 5.32 Å². The van der Waals surface area contributed by atoms with E-state index in [-0.39, 0.29) is 18.2 Å². The van der Waals surface area contributed by atoms with Gasteiger partial charge in [0.1, 0.15) is 5.69 Å². The van der Waals surface area contributed by atoms with Crippen LogP contribution in [0, 0.1) is 0 Å². The van der Waals surface area contributed by atoms with E-state index in [0.717, 1.165) is 17.8 Å². The highest BCUT2D eigenvalue weighted by Crippen LogP contribution is 2.25. The minimum atomic E-state index is -4.72. The zero-order valence-electron chi connectivity index (χ0n) is 14.1. The van der Waals surface area contributed by atoms with Crippen molar-refractivity contribution in [3.8, 4) is 11.4 Å². The van der Waals surface area contributed by atoms with E-state index in [9.17, 15) is 18.0 Å². The van der Waals surface area contributed by atoms with Gasteiger partial charge in [0.15, 0.2) is 0 Å². The first-order valence-electron chi connectivity index (χ1n) is 7.92. The van der Waals surface area contributed by atoms with Crippen molar-refractivity contribution in [2.24, 2.45) is 0 Å². The standard InChI is InChI=1S/C17H14F3N5O2/c1-10(15-24-13(25-27-15)11-5-3-2-4-6-11)9-22-14(26)12-7-8-21-16(23-12)17(18,19)20/h2-8,10H,9H2,1H3,(H,22,26). The topological polar surface area (TPSA) is 93.8 Å². The van der Waals surface area contributed by atoms with Gasteiger partial charge in [0, 0.05) is 18.3 Å². The normalized spacial score (nSPS) is 12.6. The molecule has 2 aromatic heterocycles. The predicted octanol–water partition coefficient (Wildman–Crippen LogP) is 3.08. The molecule has 10 heteroatoms. The summed E-state index contributed by atoms with van der Waals surface area (Å²) >= 11 is 0. The summed E-state index contributed by atoms with van der Waals surface area (Å²) in [5.41, 5.74) is 0.407. The van der Waals surface area contributed by atoms with Gasteiger partial charge in [0.25, 0.3) is 5.91 Å². The van der Waals surface area contributed by atoms with Crippen LogP contribution in [-0.4, -0.2) is 32.6 Å².